The fourth-order valence-electron chi connectivity index (χ4n) is 2.07. The minimum absolute atomic E-state index is 0.104. The molecule has 3 nitrogen and oxygen atoms in total. The van der Waals surface area contributed by atoms with E-state index in [0.29, 0.717) is 0 Å². The highest BCUT2D eigenvalue weighted by molar-refractivity contribution is 7.99. The number of benzene rings is 1. The van der Waals surface area contributed by atoms with Crippen LogP contribution in [0.3, 0.4) is 0 Å². The molecule has 0 bridgehead atoms. The molecule has 0 radical (unpaired) electrons. The highest BCUT2D eigenvalue weighted by atomic mass is 32.2. The molecule has 0 aliphatic rings. The molecular formula is C17H30N2OS. The topological polar surface area (TPSA) is 38.5 Å². The average molecular weight is 311 g/mol. The van der Waals surface area contributed by atoms with Crippen LogP contribution in [-0.2, 0) is 0 Å². The van der Waals surface area contributed by atoms with Crippen molar-refractivity contribution < 1.29 is 4.74 Å². The molecule has 0 aromatic heterocycles. The summed E-state index contributed by atoms with van der Waals surface area (Å²) in [6.45, 7) is 10.7. The molecule has 0 fully saturated rings. The Balaban J connectivity index is 2.29. The van der Waals surface area contributed by atoms with Crippen LogP contribution in [0.2, 0.25) is 0 Å². The summed E-state index contributed by atoms with van der Waals surface area (Å²) >= 11 is 1.94. The Hall–Kier alpha value is -0.710. The zero-order chi connectivity index (χ0) is 15.5. The molecule has 21 heavy (non-hydrogen) atoms. The van der Waals surface area contributed by atoms with Gasteiger partial charge in [0, 0.05) is 24.1 Å². The number of thioether (sulfide) groups is 1. The molecule has 0 saturated carbocycles. The summed E-state index contributed by atoms with van der Waals surface area (Å²) in [6, 6.07) is 8.31. The largest absolute Gasteiger partial charge is 0.494 e. The van der Waals surface area contributed by atoms with Crippen molar-refractivity contribution in [3.63, 3.8) is 0 Å². The zero-order valence-corrected chi connectivity index (χ0v) is 14.5. The van der Waals surface area contributed by atoms with Crippen LogP contribution in [0, 0.1) is 0 Å². The Kier molecular flexibility index (Phi) is 9.55. The van der Waals surface area contributed by atoms with Gasteiger partial charge < -0.3 is 15.4 Å². The fourth-order valence-corrected chi connectivity index (χ4v) is 3.07. The van der Waals surface area contributed by atoms with Gasteiger partial charge in [-0.1, -0.05) is 32.9 Å². The summed E-state index contributed by atoms with van der Waals surface area (Å²) in [7, 11) is 0. The highest BCUT2D eigenvalue weighted by Crippen LogP contribution is 2.19. The summed E-state index contributed by atoms with van der Waals surface area (Å²) < 4.78 is 5.59. The third-order valence-corrected chi connectivity index (χ3v) is 4.59. The molecule has 1 unspecified atom stereocenters. The van der Waals surface area contributed by atoms with Crippen molar-refractivity contribution in [1.29, 1.82) is 0 Å². The van der Waals surface area contributed by atoms with Gasteiger partial charge in [0.1, 0.15) is 5.75 Å². The van der Waals surface area contributed by atoms with E-state index in [0.717, 1.165) is 49.9 Å². The van der Waals surface area contributed by atoms with Crippen LogP contribution >= 0.6 is 11.8 Å². The maximum Gasteiger partial charge on any atom is 0.119 e. The van der Waals surface area contributed by atoms with Gasteiger partial charge in [-0.05, 0) is 37.2 Å². The first kappa shape index (κ1) is 18.3. The van der Waals surface area contributed by atoms with E-state index in [2.05, 4.69) is 37.8 Å². The molecule has 1 aromatic rings. The van der Waals surface area contributed by atoms with Gasteiger partial charge in [0.2, 0.25) is 0 Å². The number of nitrogens with zero attached hydrogens (tertiary/aromatic N) is 1. The Morgan fingerprint density at radius 2 is 1.81 bits per heavy atom. The number of ether oxygens (including phenoxy) is 1. The minimum atomic E-state index is 0.104. The van der Waals surface area contributed by atoms with E-state index in [9.17, 15) is 0 Å². The van der Waals surface area contributed by atoms with Crippen molar-refractivity contribution in [3.05, 3.63) is 29.8 Å². The Morgan fingerprint density at radius 1 is 1.14 bits per heavy atom. The quantitative estimate of drug-likeness (QED) is 0.634. The molecule has 2 N–H and O–H groups in total. The number of hydrogen-bond acceptors (Lipinski definition) is 4. The van der Waals surface area contributed by atoms with Crippen LogP contribution < -0.4 is 10.5 Å². The highest BCUT2D eigenvalue weighted by Gasteiger charge is 2.07. The SMILES string of the molecule is CCCOc1ccc(C(N)CSCCN(CC)CC)cc1. The molecule has 0 aliphatic heterocycles. The van der Waals surface area contributed by atoms with Crippen molar-refractivity contribution in [2.24, 2.45) is 5.73 Å². The second-order valence-corrected chi connectivity index (χ2v) is 6.28. The van der Waals surface area contributed by atoms with Crippen LogP contribution in [0.5, 0.6) is 5.75 Å². The third-order valence-electron chi connectivity index (χ3n) is 3.52. The summed E-state index contributed by atoms with van der Waals surface area (Å²) in [5.41, 5.74) is 7.44. The first-order valence-electron chi connectivity index (χ1n) is 7.99. The zero-order valence-electron chi connectivity index (χ0n) is 13.7. The van der Waals surface area contributed by atoms with Crippen LogP contribution in [0.25, 0.3) is 0 Å². The molecule has 1 atom stereocenters. The van der Waals surface area contributed by atoms with Gasteiger partial charge in [0.25, 0.3) is 0 Å². The van der Waals surface area contributed by atoms with E-state index in [-0.39, 0.29) is 6.04 Å². The van der Waals surface area contributed by atoms with Crippen molar-refractivity contribution in [2.45, 2.75) is 33.2 Å². The van der Waals surface area contributed by atoms with E-state index >= 15 is 0 Å². The molecule has 0 amide bonds. The van der Waals surface area contributed by atoms with Crippen LogP contribution in [0.1, 0.15) is 38.8 Å². The van der Waals surface area contributed by atoms with E-state index in [1.807, 2.05) is 23.9 Å². The Labute approximate surface area is 134 Å². The molecule has 4 heteroatoms. The van der Waals surface area contributed by atoms with Gasteiger partial charge in [-0.15, -0.1) is 0 Å². The van der Waals surface area contributed by atoms with Gasteiger partial charge in [-0.3, -0.25) is 0 Å². The Morgan fingerprint density at radius 3 is 2.38 bits per heavy atom. The second kappa shape index (κ2) is 10.9. The summed E-state index contributed by atoms with van der Waals surface area (Å²) in [5.74, 6) is 3.05. The van der Waals surface area contributed by atoms with Gasteiger partial charge in [-0.25, -0.2) is 0 Å². The summed E-state index contributed by atoms with van der Waals surface area (Å²) in [5, 5.41) is 0. The van der Waals surface area contributed by atoms with Gasteiger partial charge in [0.05, 0.1) is 6.61 Å². The fraction of sp³-hybridized carbons (Fsp3) is 0.647. The lowest BCUT2D eigenvalue weighted by Gasteiger charge is -2.18. The number of rotatable bonds is 11. The molecular weight excluding hydrogens is 280 g/mol. The van der Waals surface area contributed by atoms with Crippen molar-refractivity contribution in [1.82, 2.24) is 4.90 Å². The van der Waals surface area contributed by atoms with Crippen molar-refractivity contribution >= 4 is 11.8 Å². The molecule has 0 saturated heterocycles. The molecule has 0 spiro atoms. The summed E-state index contributed by atoms with van der Waals surface area (Å²) in [6.07, 6.45) is 1.03. The standard InChI is InChI=1S/C17H30N2OS/c1-4-12-20-16-9-7-15(8-10-16)17(18)14-21-13-11-19(5-2)6-3/h7-10,17H,4-6,11-14,18H2,1-3H3. The predicted molar refractivity (Wildman–Crippen MR) is 94.3 cm³/mol. The lowest BCUT2D eigenvalue weighted by Crippen LogP contribution is -2.25. The van der Waals surface area contributed by atoms with E-state index < -0.39 is 0 Å². The first-order valence-corrected chi connectivity index (χ1v) is 9.15. The van der Waals surface area contributed by atoms with Gasteiger partial charge in [-0.2, -0.15) is 11.8 Å². The first-order chi connectivity index (χ1) is 10.2. The van der Waals surface area contributed by atoms with Gasteiger partial charge in [0.15, 0.2) is 0 Å². The van der Waals surface area contributed by atoms with Gasteiger partial charge >= 0.3 is 0 Å². The summed E-state index contributed by atoms with van der Waals surface area (Å²) in [4.78, 5) is 2.44. The predicted octanol–water partition coefficient (Wildman–Crippen LogP) is 3.55. The lowest BCUT2D eigenvalue weighted by molar-refractivity contribution is 0.317. The Bertz CT molecular complexity index is 366. The molecule has 0 heterocycles. The normalized spacial score (nSPS) is 12.6. The maximum atomic E-state index is 6.25. The molecule has 0 aliphatic carbocycles. The van der Waals surface area contributed by atoms with E-state index in [1.54, 1.807) is 0 Å². The third kappa shape index (κ3) is 7.21. The molecule has 1 rings (SSSR count). The monoisotopic (exact) mass is 310 g/mol. The average Bonchev–Trinajstić information content (AvgIpc) is 2.53. The van der Waals surface area contributed by atoms with Crippen molar-refractivity contribution in [2.75, 3.05) is 37.7 Å². The maximum absolute atomic E-state index is 6.25. The second-order valence-electron chi connectivity index (χ2n) is 5.13. The van der Waals surface area contributed by atoms with Crippen molar-refractivity contribution in [3.8, 4) is 5.75 Å². The molecule has 1 aromatic carbocycles. The number of hydrogen-bond donors (Lipinski definition) is 1. The minimum Gasteiger partial charge on any atom is -0.494 e. The smallest absolute Gasteiger partial charge is 0.119 e. The van der Waals surface area contributed by atoms with Crippen LogP contribution in [0.4, 0.5) is 0 Å². The van der Waals surface area contributed by atoms with E-state index in [4.69, 9.17) is 10.5 Å². The number of nitrogens with two attached hydrogens (primary N) is 1. The lowest BCUT2D eigenvalue weighted by atomic mass is 10.1. The van der Waals surface area contributed by atoms with E-state index in [1.165, 1.54) is 5.56 Å². The molecule has 120 valence electrons. The van der Waals surface area contributed by atoms with Crippen LogP contribution in [-0.4, -0.2) is 42.6 Å². The van der Waals surface area contributed by atoms with Crippen LogP contribution in [0.15, 0.2) is 24.3 Å².